The number of nitrogens with zero attached hydrogens (tertiary/aromatic N) is 3. The molecule has 1 aromatic carbocycles. The van der Waals surface area contributed by atoms with Crippen molar-refractivity contribution in [3.63, 3.8) is 0 Å². The second-order valence-electron chi connectivity index (χ2n) is 4.85. The zero-order chi connectivity index (χ0) is 16.2. The van der Waals surface area contributed by atoms with Crippen LogP contribution in [0.5, 0.6) is 0 Å². The van der Waals surface area contributed by atoms with Crippen molar-refractivity contribution in [3.8, 4) is 17.3 Å². The van der Waals surface area contributed by atoms with Gasteiger partial charge in [-0.2, -0.15) is 10.4 Å². The fourth-order valence-corrected chi connectivity index (χ4v) is 2.49. The van der Waals surface area contributed by atoms with E-state index in [0.29, 0.717) is 22.0 Å². The quantitative estimate of drug-likeness (QED) is 0.744. The molecule has 0 saturated carbocycles. The number of rotatable bonds is 4. The van der Waals surface area contributed by atoms with Crippen LogP contribution in [0, 0.1) is 11.3 Å². The summed E-state index contributed by atoms with van der Waals surface area (Å²) >= 11 is 6.00. The van der Waals surface area contributed by atoms with E-state index in [0.717, 1.165) is 5.56 Å². The Hall–Kier alpha value is -2.97. The highest BCUT2D eigenvalue weighted by molar-refractivity contribution is 6.30. The van der Waals surface area contributed by atoms with Crippen LogP contribution >= 0.6 is 11.6 Å². The summed E-state index contributed by atoms with van der Waals surface area (Å²) in [6, 6.07) is 14.2. The summed E-state index contributed by atoms with van der Waals surface area (Å²) in [4.78, 5) is 16.9. The van der Waals surface area contributed by atoms with E-state index in [9.17, 15) is 10.1 Å². The van der Waals surface area contributed by atoms with Gasteiger partial charge in [0.1, 0.15) is 0 Å². The van der Waals surface area contributed by atoms with Crippen molar-refractivity contribution in [2.45, 2.75) is 5.92 Å². The summed E-state index contributed by atoms with van der Waals surface area (Å²) in [5.41, 5.74) is 2.02. The van der Waals surface area contributed by atoms with Crippen LogP contribution in [0.3, 0.4) is 0 Å². The Morgan fingerprint density at radius 3 is 2.83 bits per heavy atom. The number of aromatic amines is 1. The second-order valence-corrected chi connectivity index (χ2v) is 5.29. The number of H-pyrrole nitrogens is 1. The SMILES string of the molecule is N#C[C@H](C(=O)c1cn[nH]c1-c1cccc(Cl)c1)c1ccccn1. The van der Waals surface area contributed by atoms with Crippen LogP contribution in [-0.2, 0) is 0 Å². The fourth-order valence-electron chi connectivity index (χ4n) is 2.30. The maximum absolute atomic E-state index is 12.8. The number of ketones is 1. The molecule has 1 atom stereocenters. The van der Waals surface area contributed by atoms with Gasteiger partial charge < -0.3 is 0 Å². The molecule has 2 aromatic heterocycles. The normalized spacial score (nSPS) is 11.7. The Labute approximate surface area is 137 Å². The Morgan fingerprint density at radius 1 is 1.26 bits per heavy atom. The maximum Gasteiger partial charge on any atom is 0.189 e. The largest absolute Gasteiger partial charge is 0.292 e. The lowest BCUT2D eigenvalue weighted by molar-refractivity contribution is 0.0978. The van der Waals surface area contributed by atoms with Crippen LogP contribution in [0.15, 0.2) is 54.9 Å². The number of hydrogen-bond acceptors (Lipinski definition) is 4. The number of nitrogens with one attached hydrogen (secondary N) is 1. The molecule has 0 saturated heterocycles. The minimum atomic E-state index is -0.980. The number of Topliss-reactive ketones (excluding diaryl/α,β-unsaturated/α-hetero) is 1. The summed E-state index contributed by atoms with van der Waals surface area (Å²) in [5.74, 6) is -1.33. The molecule has 3 rings (SSSR count). The number of halogens is 1. The lowest BCUT2D eigenvalue weighted by atomic mass is 9.94. The van der Waals surface area contributed by atoms with E-state index in [1.807, 2.05) is 12.1 Å². The molecule has 5 nitrogen and oxygen atoms in total. The number of benzene rings is 1. The molecule has 2 heterocycles. The minimum Gasteiger partial charge on any atom is -0.292 e. The van der Waals surface area contributed by atoms with E-state index >= 15 is 0 Å². The Morgan fingerprint density at radius 2 is 2.13 bits per heavy atom. The molecule has 6 heteroatoms. The summed E-state index contributed by atoms with van der Waals surface area (Å²) in [5, 5.41) is 16.7. The summed E-state index contributed by atoms with van der Waals surface area (Å²) < 4.78 is 0. The molecule has 112 valence electrons. The van der Waals surface area contributed by atoms with Crippen molar-refractivity contribution in [3.05, 3.63) is 71.1 Å². The molecule has 0 aliphatic carbocycles. The molecule has 1 N–H and O–H groups in total. The highest BCUT2D eigenvalue weighted by Gasteiger charge is 2.26. The van der Waals surface area contributed by atoms with Gasteiger partial charge in [0, 0.05) is 16.8 Å². The van der Waals surface area contributed by atoms with Gasteiger partial charge in [0.25, 0.3) is 0 Å². The topological polar surface area (TPSA) is 82.4 Å². The molecule has 0 aliphatic rings. The van der Waals surface area contributed by atoms with Crippen LogP contribution in [0.25, 0.3) is 11.3 Å². The standard InChI is InChI=1S/C17H11ClN4O/c18-12-5-3-4-11(8-12)16-14(10-21-22-16)17(23)13(9-19)15-6-1-2-7-20-15/h1-8,10,13H,(H,21,22)/t13-/m0/s1. The van der Waals surface area contributed by atoms with Crippen LogP contribution in [-0.4, -0.2) is 21.0 Å². The highest BCUT2D eigenvalue weighted by atomic mass is 35.5. The second kappa shape index (κ2) is 6.42. The van der Waals surface area contributed by atoms with E-state index in [1.54, 1.807) is 42.6 Å². The minimum absolute atomic E-state index is 0.337. The van der Waals surface area contributed by atoms with Gasteiger partial charge >= 0.3 is 0 Å². The first-order valence-electron chi connectivity index (χ1n) is 6.85. The van der Waals surface area contributed by atoms with Gasteiger partial charge in [-0.25, -0.2) is 0 Å². The average Bonchev–Trinajstić information content (AvgIpc) is 3.06. The highest BCUT2D eigenvalue weighted by Crippen LogP contribution is 2.27. The van der Waals surface area contributed by atoms with E-state index in [2.05, 4.69) is 15.2 Å². The first-order valence-corrected chi connectivity index (χ1v) is 7.22. The zero-order valence-electron chi connectivity index (χ0n) is 11.9. The molecule has 0 fully saturated rings. The fraction of sp³-hybridized carbons (Fsp3) is 0.0588. The van der Waals surface area contributed by atoms with Crippen molar-refractivity contribution >= 4 is 17.4 Å². The van der Waals surface area contributed by atoms with E-state index in [1.165, 1.54) is 6.20 Å². The predicted octanol–water partition coefficient (Wildman–Crippen LogP) is 3.62. The number of carbonyl (C=O) groups is 1. The Bertz CT molecular complexity index is 883. The van der Waals surface area contributed by atoms with Gasteiger partial charge in [-0.05, 0) is 24.3 Å². The van der Waals surface area contributed by atoms with Crippen molar-refractivity contribution < 1.29 is 4.79 Å². The lowest BCUT2D eigenvalue weighted by Gasteiger charge is -2.08. The van der Waals surface area contributed by atoms with Crippen LogP contribution < -0.4 is 0 Å². The number of carbonyl (C=O) groups excluding carboxylic acids is 1. The van der Waals surface area contributed by atoms with Gasteiger partial charge in [0.2, 0.25) is 0 Å². The van der Waals surface area contributed by atoms with E-state index in [-0.39, 0.29) is 5.78 Å². The Kier molecular flexibility index (Phi) is 4.18. The molecule has 0 amide bonds. The molecule has 0 aliphatic heterocycles. The van der Waals surface area contributed by atoms with Crippen LogP contribution in [0.4, 0.5) is 0 Å². The molecule has 0 spiro atoms. The first kappa shape index (κ1) is 14.9. The summed E-state index contributed by atoms with van der Waals surface area (Å²) in [6.07, 6.45) is 2.98. The Balaban J connectivity index is 2.01. The third-order valence-electron chi connectivity index (χ3n) is 3.39. The monoisotopic (exact) mass is 322 g/mol. The summed E-state index contributed by atoms with van der Waals surface area (Å²) in [7, 11) is 0. The molecule has 23 heavy (non-hydrogen) atoms. The van der Waals surface area contributed by atoms with Crippen LogP contribution in [0.1, 0.15) is 22.0 Å². The third kappa shape index (κ3) is 2.98. The van der Waals surface area contributed by atoms with Crippen molar-refractivity contribution in [2.75, 3.05) is 0 Å². The number of pyridine rings is 1. The van der Waals surface area contributed by atoms with E-state index in [4.69, 9.17) is 11.6 Å². The van der Waals surface area contributed by atoms with Gasteiger partial charge in [-0.1, -0.05) is 29.8 Å². The number of hydrogen-bond donors (Lipinski definition) is 1. The predicted molar refractivity (Wildman–Crippen MR) is 86.0 cm³/mol. The zero-order valence-corrected chi connectivity index (χ0v) is 12.7. The maximum atomic E-state index is 12.8. The molecule has 3 aromatic rings. The molecule has 0 unspecified atom stereocenters. The molecular weight excluding hydrogens is 312 g/mol. The summed E-state index contributed by atoms with van der Waals surface area (Å²) in [6.45, 7) is 0. The molecule has 0 bridgehead atoms. The third-order valence-corrected chi connectivity index (χ3v) is 3.63. The smallest absolute Gasteiger partial charge is 0.189 e. The van der Waals surface area contributed by atoms with Crippen LogP contribution in [0.2, 0.25) is 5.02 Å². The van der Waals surface area contributed by atoms with E-state index < -0.39 is 5.92 Å². The molecule has 0 radical (unpaired) electrons. The van der Waals surface area contributed by atoms with Crippen molar-refractivity contribution in [1.29, 1.82) is 5.26 Å². The first-order chi connectivity index (χ1) is 11.2. The van der Waals surface area contributed by atoms with Gasteiger partial charge in [0.05, 0.1) is 29.2 Å². The number of nitriles is 1. The lowest BCUT2D eigenvalue weighted by Crippen LogP contribution is -2.13. The molecular formula is C17H11ClN4O. The van der Waals surface area contributed by atoms with Crippen molar-refractivity contribution in [1.82, 2.24) is 15.2 Å². The van der Waals surface area contributed by atoms with Gasteiger partial charge in [-0.15, -0.1) is 0 Å². The van der Waals surface area contributed by atoms with Crippen molar-refractivity contribution in [2.24, 2.45) is 0 Å². The number of aromatic nitrogens is 3. The van der Waals surface area contributed by atoms with Gasteiger partial charge in [-0.3, -0.25) is 14.9 Å². The van der Waals surface area contributed by atoms with Gasteiger partial charge in [0.15, 0.2) is 11.7 Å². The average molecular weight is 323 g/mol.